The van der Waals surface area contributed by atoms with Crippen molar-refractivity contribution in [3.05, 3.63) is 0 Å². The van der Waals surface area contributed by atoms with Gasteiger partial charge in [0.2, 0.25) is 0 Å². The number of likely N-dealkylation sites (N-methyl/N-ethyl adjacent to an activating group) is 1. The van der Waals surface area contributed by atoms with E-state index < -0.39 is 11.7 Å². The molecular formula is C11H21NO2. The van der Waals surface area contributed by atoms with Crippen LogP contribution in [0.15, 0.2) is 0 Å². The molecule has 0 aromatic heterocycles. The molecule has 3 N–H and O–H groups in total. The number of rotatable bonds is 2. The molecule has 0 radical (unpaired) electrons. The predicted octanol–water partition coefficient (Wildman–Crippen LogP) is 0.364. The van der Waals surface area contributed by atoms with Crippen LogP contribution in [0.3, 0.4) is 0 Å². The summed E-state index contributed by atoms with van der Waals surface area (Å²) in [6, 6.07) is 0. The minimum atomic E-state index is -0.899. The van der Waals surface area contributed by atoms with E-state index in [4.69, 9.17) is 0 Å². The van der Waals surface area contributed by atoms with Gasteiger partial charge in [-0.1, -0.05) is 13.8 Å². The second-order valence-electron chi connectivity index (χ2n) is 5.62. The molecule has 2 aliphatic carbocycles. The molecule has 3 heteroatoms. The Morgan fingerprint density at radius 1 is 1.36 bits per heavy atom. The maximum atomic E-state index is 10.3. The van der Waals surface area contributed by atoms with Gasteiger partial charge in [0.15, 0.2) is 0 Å². The van der Waals surface area contributed by atoms with Crippen molar-refractivity contribution in [1.29, 1.82) is 0 Å². The van der Waals surface area contributed by atoms with E-state index in [1.165, 1.54) is 0 Å². The van der Waals surface area contributed by atoms with Gasteiger partial charge in [-0.3, -0.25) is 0 Å². The molecule has 2 saturated carbocycles. The van der Waals surface area contributed by atoms with E-state index in [2.05, 4.69) is 19.2 Å². The van der Waals surface area contributed by atoms with E-state index in [1.807, 2.05) is 7.05 Å². The van der Waals surface area contributed by atoms with Crippen molar-refractivity contribution in [3.63, 3.8) is 0 Å². The summed E-state index contributed by atoms with van der Waals surface area (Å²) in [4.78, 5) is 0. The van der Waals surface area contributed by atoms with Crippen LogP contribution in [0.4, 0.5) is 0 Å². The summed E-state index contributed by atoms with van der Waals surface area (Å²) in [5, 5.41) is 23.1. The van der Waals surface area contributed by atoms with Gasteiger partial charge in [-0.25, -0.2) is 0 Å². The lowest BCUT2D eigenvalue weighted by molar-refractivity contribution is -0.0992. The van der Waals surface area contributed by atoms with Crippen molar-refractivity contribution in [2.24, 2.45) is 17.3 Å². The zero-order valence-electron chi connectivity index (χ0n) is 9.25. The number of fused-ring (bicyclic) bond motifs is 1. The molecular weight excluding hydrogens is 178 g/mol. The Bertz CT molecular complexity index is 241. The molecule has 0 unspecified atom stereocenters. The summed E-state index contributed by atoms with van der Waals surface area (Å²) in [5.41, 5.74) is -0.567. The Balaban J connectivity index is 2.09. The summed E-state index contributed by atoms with van der Waals surface area (Å²) in [5.74, 6) is 1.22. The molecule has 0 bridgehead atoms. The van der Waals surface area contributed by atoms with Gasteiger partial charge in [0.1, 0.15) is 5.60 Å². The fourth-order valence-corrected chi connectivity index (χ4v) is 3.20. The summed E-state index contributed by atoms with van der Waals surface area (Å²) in [7, 11) is 1.81. The van der Waals surface area contributed by atoms with Gasteiger partial charge in [-0.15, -0.1) is 0 Å². The molecule has 82 valence electrons. The largest absolute Gasteiger partial charge is 0.390 e. The number of hydrogen-bond acceptors (Lipinski definition) is 3. The third kappa shape index (κ3) is 1.30. The third-order valence-electron chi connectivity index (χ3n) is 4.44. The van der Waals surface area contributed by atoms with Crippen LogP contribution in [-0.2, 0) is 0 Å². The molecule has 0 aromatic rings. The minimum absolute atomic E-state index is 0.333. The van der Waals surface area contributed by atoms with Crippen molar-refractivity contribution < 1.29 is 10.2 Å². The zero-order chi connectivity index (χ0) is 10.6. The summed E-state index contributed by atoms with van der Waals surface area (Å²) in [6.45, 7) is 4.97. The summed E-state index contributed by atoms with van der Waals surface area (Å²) < 4.78 is 0. The Kier molecular flexibility index (Phi) is 2.18. The van der Waals surface area contributed by atoms with Crippen LogP contribution in [0.2, 0.25) is 0 Å². The monoisotopic (exact) mass is 199 g/mol. The lowest BCUT2D eigenvalue weighted by atomic mass is 9.82. The highest BCUT2D eigenvalue weighted by Crippen LogP contribution is 2.66. The van der Waals surface area contributed by atoms with E-state index in [0.29, 0.717) is 23.8 Å². The first kappa shape index (κ1) is 10.4. The predicted molar refractivity (Wildman–Crippen MR) is 54.9 cm³/mol. The number of nitrogens with one attached hydrogen (secondary N) is 1. The van der Waals surface area contributed by atoms with Gasteiger partial charge in [0.25, 0.3) is 0 Å². The number of hydrogen-bond donors (Lipinski definition) is 3. The van der Waals surface area contributed by atoms with E-state index >= 15 is 0 Å². The van der Waals surface area contributed by atoms with E-state index in [9.17, 15) is 10.2 Å². The molecule has 14 heavy (non-hydrogen) atoms. The van der Waals surface area contributed by atoms with Crippen molar-refractivity contribution in [2.45, 2.75) is 38.4 Å². The average Bonchev–Trinajstić information content (AvgIpc) is 2.56. The Morgan fingerprint density at radius 3 is 2.57 bits per heavy atom. The van der Waals surface area contributed by atoms with E-state index in [0.717, 1.165) is 12.8 Å². The Labute approximate surface area is 85.5 Å². The van der Waals surface area contributed by atoms with Gasteiger partial charge in [-0.05, 0) is 37.1 Å². The fraction of sp³-hybridized carbons (Fsp3) is 1.00. The maximum Gasteiger partial charge on any atom is 0.103 e. The van der Waals surface area contributed by atoms with Crippen LogP contribution in [-0.4, -0.2) is 35.5 Å². The van der Waals surface area contributed by atoms with Crippen LogP contribution < -0.4 is 5.32 Å². The molecule has 2 rings (SSSR count). The lowest BCUT2D eigenvalue weighted by Crippen LogP contribution is -2.52. The minimum Gasteiger partial charge on any atom is -0.390 e. The topological polar surface area (TPSA) is 52.5 Å². The van der Waals surface area contributed by atoms with E-state index in [1.54, 1.807) is 0 Å². The highest BCUT2D eigenvalue weighted by atomic mass is 16.3. The smallest absolute Gasteiger partial charge is 0.103 e. The van der Waals surface area contributed by atoms with Crippen molar-refractivity contribution in [3.8, 4) is 0 Å². The van der Waals surface area contributed by atoms with Crippen LogP contribution in [0.25, 0.3) is 0 Å². The van der Waals surface area contributed by atoms with Gasteiger partial charge in [-0.2, -0.15) is 0 Å². The van der Waals surface area contributed by atoms with Crippen LogP contribution in [0.1, 0.15) is 26.7 Å². The number of aliphatic hydroxyl groups is 2. The first-order valence-electron chi connectivity index (χ1n) is 5.47. The van der Waals surface area contributed by atoms with E-state index in [-0.39, 0.29) is 0 Å². The van der Waals surface area contributed by atoms with Gasteiger partial charge in [0.05, 0.1) is 6.10 Å². The molecule has 0 heterocycles. The standard InChI is InChI=1S/C11H21NO2/c1-10(2)7-4-9(13)11(14,6-12-3)5-8(7)10/h7-9,12-14H,4-6H2,1-3H3/t7-,8+,9-,11-/m1/s1. The summed E-state index contributed by atoms with van der Waals surface area (Å²) >= 11 is 0. The van der Waals surface area contributed by atoms with Crippen LogP contribution in [0.5, 0.6) is 0 Å². The van der Waals surface area contributed by atoms with Gasteiger partial charge >= 0.3 is 0 Å². The van der Waals surface area contributed by atoms with Crippen molar-refractivity contribution in [1.82, 2.24) is 5.32 Å². The molecule has 4 atom stereocenters. The molecule has 3 nitrogen and oxygen atoms in total. The normalized spacial score (nSPS) is 49.9. The maximum absolute atomic E-state index is 10.3. The first-order valence-corrected chi connectivity index (χ1v) is 5.47. The first-order chi connectivity index (χ1) is 6.42. The Hall–Kier alpha value is -0.120. The van der Waals surface area contributed by atoms with Crippen LogP contribution in [0, 0.1) is 17.3 Å². The fourth-order valence-electron chi connectivity index (χ4n) is 3.20. The molecule has 0 aliphatic heterocycles. The molecule has 0 spiro atoms. The summed E-state index contributed by atoms with van der Waals surface area (Å²) in [6.07, 6.45) is 0.945. The molecule has 0 amide bonds. The highest BCUT2D eigenvalue weighted by molar-refractivity contribution is 5.14. The molecule has 0 aromatic carbocycles. The quantitative estimate of drug-likeness (QED) is 0.602. The molecule has 2 aliphatic rings. The van der Waals surface area contributed by atoms with Crippen molar-refractivity contribution >= 4 is 0 Å². The van der Waals surface area contributed by atoms with Crippen molar-refractivity contribution in [2.75, 3.05) is 13.6 Å². The second-order valence-corrected chi connectivity index (χ2v) is 5.62. The lowest BCUT2D eigenvalue weighted by Gasteiger charge is -2.36. The van der Waals surface area contributed by atoms with Gasteiger partial charge in [0, 0.05) is 6.54 Å². The third-order valence-corrected chi connectivity index (χ3v) is 4.44. The Morgan fingerprint density at radius 2 is 2.00 bits per heavy atom. The SMILES string of the molecule is CNC[C@]1(O)C[C@H]2[C@@H](C[C@H]1O)C2(C)C. The van der Waals surface area contributed by atoms with Crippen LogP contribution >= 0.6 is 0 Å². The second kappa shape index (κ2) is 2.94. The zero-order valence-corrected chi connectivity index (χ0v) is 9.25. The van der Waals surface area contributed by atoms with Gasteiger partial charge < -0.3 is 15.5 Å². The molecule has 2 fully saturated rings. The average molecular weight is 199 g/mol. The highest BCUT2D eigenvalue weighted by Gasteiger charge is 2.64. The molecule has 0 saturated heterocycles. The number of aliphatic hydroxyl groups excluding tert-OH is 1.